The number of benzene rings is 2. The zero-order chi connectivity index (χ0) is 15.4. The average Bonchev–Trinajstić information content (AvgIpc) is 2.74. The number of hydrogen-bond donors (Lipinski definition) is 1. The number of hydrogen-bond acceptors (Lipinski definition) is 2. The summed E-state index contributed by atoms with van der Waals surface area (Å²) in [6, 6.07) is 14.1. The molecule has 22 heavy (non-hydrogen) atoms. The summed E-state index contributed by atoms with van der Waals surface area (Å²) >= 11 is 0. The molecule has 1 aliphatic rings. The summed E-state index contributed by atoms with van der Waals surface area (Å²) in [7, 11) is 0. The first-order chi connectivity index (χ1) is 10.7. The number of nitrogens with zero attached hydrogens (tertiary/aromatic N) is 1. The van der Waals surface area contributed by atoms with Gasteiger partial charge in [0.1, 0.15) is 11.6 Å². The second kappa shape index (κ2) is 6.99. The molecular weight excluding hydrogens is 282 g/mol. The zero-order valence-corrected chi connectivity index (χ0v) is 12.4. The molecule has 0 bridgehead atoms. The van der Waals surface area contributed by atoms with Crippen molar-refractivity contribution in [3.8, 4) is 0 Å². The highest BCUT2D eigenvalue weighted by molar-refractivity contribution is 5.22. The first-order valence-electron chi connectivity index (χ1n) is 7.67. The first kappa shape index (κ1) is 15.1. The molecule has 3 rings (SSSR count). The van der Waals surface area contributed by atoms with Gasteiger partial charge in [0.2, 0.25) is 0 Å². The quantitative estimate of drug-likeness (QED) is 0.933. The maximum Gasteiger partial charge on any atom is 0.130 e. The van der Waals surface area contributed by atoms with Crippen LogP contribution in [0.2, 0.25) is 0 Å². The minimum absolute atomic E-state index is 0.0543. The van der Waals surface area contributed by atoms with Crippen molar-refractivity contribution >= 4 is 0 Å². The normalized spacial score (nSPS) is 19.8. The molecule has 0 spiro atoms. The molecule has 0 unspecified atom stereocenters. The van der Waals surface area contributed by atoms with Crippen LogP contribution in [0.4, 0.5) is 8.78 Å². The van der Waals surface area contributed by atoms with Crippen LogP contribution in [0.15, 0.2) is 48.5 Å². The molecule has 4 heteroatoms. The fourth-order valence-electron chi connectivity index (χ4n) is 2.97. The first-order valence-corrected chi connectivity index (χ1v) is 7.67. The molecular formula is C18H20F2N2. The predicted molar refractivity (Wildman–Crippen MR) is 83.4 cm³/mol. The highest BCUT2D eigenvalue weighted by Gasteiger charge is 2.20. The molecule has 1 aliphatic heterocycles. The van der Waals surface area contributed by atoms with Crippen LogP contribution in [0.25, 0.3) is 0 Å². The van der Waals surface area contributed by atoms with Gasteiger partial charge in [0.05, 0.1) is 0 Å². The third-order valence-electron chi connectivity index (χ3n) is 4.14. The Labute approximate surface area is 129 Å². The van der Waals surface area contributed by atoms with Crippen molar-refractivity contribution in [2.45, 2.75) is 19.0 Å². The fraction of sp³-hybridized carbons (Fsp3) is 0.333. The summed E-state index contributed by atoms with van der Waals surface area (Å²) in [6.07, 6.45) is 0.815. The van der Waals surface area contributed by atoms with Gasteiger partial charge in [0.25, 0.3) is 0 Å². The van der Waals surface area contributed by atoms with E-state index in [-0.39, 0.29) is 6.04 Å². The molecule has 1 fully saturated rings. The van der Waals surface area contributed by atoms with Crippen molar-refractivity contribution < 1.29 is 8.78 Å². The molecule has 0 aromatic heterocycles. The van der Waals surface area contributed by atoms with Gasteiger partial charge >= 0.3 is 0 Å². The van der Waals surface area contributed by atoms with Crippen molar-refractivity contribution in [3.05, 3.63) is 71.3 Å². The zero-order valence-electron chi connectivity index (χ0n) is 12.4. The summed E-state index contributed by atoms with van der Waals surface area (Å²) in [6.45, 7) is 3.52. The third-order valence-corrected chi connectivity index (χ3v) is 4.14. The topological polar surface area (TPSA) is 15.3 Å². The summed E-state index contributed by atoms with van der Waals surface area (Å²) in [4.78, 5) is 2.36. The second-order valence-electron chi connectivity index (χ2n) is 5.72. The van der Waals surface area contributed by atoms with Gasteiger partial charge in [-0.3, -0.25) is 4.90 Å². The second-order valence-corrected chi connectivity index (χ2v) is 5.72. The molecule has 116 valence electrons. The van der Waals surface area contributed by atoms with Gasteiger partial charge < -0.3 is 5.32 Å². The van der Waals surface area contributed by atoms with Gasteiger partial charge in [-0.05, 0) is 18.1 Å². The van der Waals surface area contributed by atoms with E-state index in [0.717, 1.165) is 38.7 Å². The van der Waals surface area contributed by atoms with E-state index in [4.69, 9.17) is 0 Å². The van der Waals surface area contributed by atoms with Crippen molar-refractivity contribution in [3.63, 3.8) is 0 Å². The van der Waals surface area contributed by atoms with Gasteiger partial charge in [-0.2, -0.15) is 0 Å². The minimum atomic E-state index is -0.527. The van der Waals surface area contributed by atoms with E-state index in [9.17, 15) is 8.78 Å². The Bertz CT molecular complexity index is 616. The predicted octanol–water partition coefficient (Wildman–Crippen LogP) is 3.50. The Morgan fingerprint density at radius 3 is 2.64 bits per heavy atom. The lowest BCUT2D eigenvalue weighted by molar-refractivity contribution is 0.282. The van der Waals surface area contributed by atoms with Crippen LogP contribution in [-0.2, 0) is 6.54 Å². The van der Waals surface area contributed by atoms with Crippen LogP contribution in [0, 0.1) is 11.6 Å². The maximum atomic E-state index is 13.9. The molecule has 0 amide bonds. The lowest BCUT2D eigenvalue weighted by Gasteiger charge is -2.20. The lowest BCUT2D eigenvalue weighted by Crippen LogP contribution is -2.28. The standard InChI is InChI=1S/C18H20F2N2/c19-15-6-7-16(17(20)12-15)18-8-10-22(11-9-21-18)13-14-4-2-1-3-5-14/h1-7,12,18,21H,8-11,13H2/t18-/m0/s1. The van der Waals surface area contributed by atoms with Gasteiger partial charge in [0.15, 0.2) is 0 Å². The molecule has 2 nitrogen and oxygen atoms in total. The highest BCUT2D eigenvalue weighted by Crippen LogP contribution is 2.23. The molecule has 2 aromatic carbocycles. The molecule has 1 heterocycles. The van der Waals surface area contributed by atoms with E-state index in [2.05, 4.69) is 22.3 Å². The largest absolute Gasteiger partial charge is 0.309 e. The fourth-order valence-corrected chi connectivity index (χ4v) is 2.97. The highest BCUT2D eigenvalue weighted by atomic mass is 19.1. The van der Waals surface area contributed by atoms with E-state index in [1.54, 1.807) is 6.07 Å². The van der Waals surface area contributed by atoms with Gasteiger partial charge in [0, 0.05) is 43.9 Å². The molecule has 0 saturated carbocycles. The SMILES string of the molecule is Fc1ccc([C@@H]2CCN(Cc3ccccc3)CCN2)c(F)c1. The van der Waals surface area contributed by atoms with Crippen molar-refractivity contribution in [2.75, 3.05) is 19.6 Å². The van der Waals surface area contributed by atoms with E-state index in [0.29, 0.717) is 5.56 Å². The van der Waals surface area contributed by atoms with Gasteiger partial charge in [-0.25, -0.2) is 8.78 Å². The van der Waals surface area contributed by atoms with E-state index < -0.39 is 11.6 Å². The van der Waals surface area contributed by atoms with Crippen LogP contribution in [-0.4, -0.2) is 24.5 Å². The summed E-state index contributed by atoms with van der Waals surface area (Å²) in [5, 5.41) is 3.37. The molecule has 1 atom stereocenters. The summed E-state index contributed by atoms with van der Waals surface area (Å²) in [5.74, 6) is -0.991. The number of rotatable bonds is 3. The smallest absolute Gasteiger partial charge is 0.130 e. The van der Waals surface area contributed by atoms with Gasteiger partial charge in [-0.1, -0.05) is 36.4 Å². The monoisotopic (exact) mass is 302 g/mol. The Morgan fingerprint density at radius 1 is 1.05 bits per heavy atom. The number of halogens is 2. The van der Waals surface area contributed by atoms with Crippen LogP contribution < -0.4 is 5.32 Å². The van der Waals surface area contributed by atoms with Gasteiger partial charge in [-0.15, -0.1) is 0 Å². The van der Waals surface area contributed by atoms with E-state index >= 15 is 0 Å². The van der Waals surface area contributed by atoms with E-state index in [1.807, 2.05) is 18.2 Å². The average molecular weight is 302 g/mol. The molecule has 2 aromatic rings. The Kier molecular flexibility index (Phi) is 4.80. The Morgan fingerprint density at radius 2 is 1.86 bits per heavy atom. The minimum Gasteiger partial charge on any atom is -0.309 e. The molecule has 0 aliphatic carbocycles. The van der Waals surface area contributed by atoms with E-state index in [1.165, 1.54) is 11.6 Å². The number of nitrogens with one attached hydrogen (secondary N) is 1. The molecule has 1 N–H and O–H groups in total. The molecule has 1 saturated heterocycles. The Balaban J connectivity index is 1.64. The Hall–Kier alpha value is -1.78. The summed E-state index contributed by atoms with van der Waals surface area (Å²) < 4.78 is 26.9. The van der Waals surface area contributed by atoms with Crippen molar-refractivity contribution in [1.82, 2.24) is 10.2 Å². The van der Waals surface area contributed by atoms with Crippen LogP contribution >= 0.6 is 0 Å². The summed E-state index contributed by atoms with van der Waals surface area (Å²) in [5.41, 5.74) is 1.84. The van der Waals surface area contributed by atoms with Crippen LogP contribution in [0.1, 0.15) is 23.6 Å². The maximum absolute atomic E-state index is 13.9. The van der Waals surface area contributed by atoms with Crippen LogP contribution in [0.5, 0.6) is 0 Å². The third kappa shape index (κ3) is 3.70. The van der Waals surface area contributed by atoms with Crippen molar-refractivity contribution in [2.24, 2.45) is 0 Å². The van der Waals surface area contributed by atoms with Crippen molar-refractivity contribution in [1.29, 1.82) is 0 Å². The lowest BCUT2D eigenvalue weighted by atomic mass is 10.0. The van der Waals surface area contributed by atoms with Crippen LogP contribution in [0.3, 0.4) is 0 Å². The molecule has 0 radical (unpaired) electrons.